The molecule has 1 fully saturated rings. The van der Waals surface area contributed by atoms with Crippen LogP contribution in [0.5, 0.6) is 0 Å². The Morgan fingerprint density at radius 2 is 2.00 bits per heavy atom. The van der Waals surface area contributed by atoms with Crippen LogP contribution in [0.4, 0.5) is 0 Å². The third-order valence-electron chi connectivity index (χ3n) is 4.19. The molecule has 144 valence electrons. The molecule has 6 nitrogen and oxygen atoms in total. The van der Waals surface area contributed by atoms with E-state index in [0.29, 0.717) is 31.2 Å². The molecule has 0 aromatic carbocycles. The van der Waals surface area contributed by atoms with Gasteiger partial charge in [-0.25, -0.2) is 0 Å². The number of halogens is 1. The van der Waals surface area contributed by atoms with Crippen LogP contribution < -0.4 is 10.6 Å². The van der Waals surface area contributed by atoms with Crippen molar-refractivity contribution in [3.63, 3.8) is 0 Å². The number of methoxy groups -OCH3 is 1. The van der Waals surface area contributed by atoms with Crippen molar-refractivity contribution in [2.24, 2.45) is 10.9 Å². The normalized spacial score (nSPS) is 21.8. The molecule has 0 saturated carbocycles. The number of hydrogen-bond donors (Lipinski definition) is 2. The van der Waals surface area contributed by atoms with Crippen molar-refractivity contribution in [1.29, 1.82) is 0 Å². The van der Waals surface area contributed by atoms with E-state index in [1.807, 2.05) is 0 Å². The van der Waals surface area contributed by atoms with Crippen LogP contribution in [0.15, 0.2) is 4.99 Å². The molecule has 0 amide bonds. The first-order valence-corrected chi connectivity index (χ1v) is 8.94. The molecule has 24 heavy (non-hydrogen) atoms. The van der Waals surface area contributed by atoms with Gasteiger partial charge in [-0.3, -0.25) is 9.89 Å². The van der Waals surface area contributed by atoms with Gasteiger partial charge in [0.2, 0.25) is 0 Å². The molecule has 2 N–H and O–H groups in total. The Hall–Kier alpha value is -0.120. The average molecular weight is 456 g/mol. The molecule has 7 heteroatoms. The molecule has 2 atom stereocenters. The fourth-order valence-electron chi connectivity index (χ4n) is 2.71. The molecule has 0 radical (unpaired) electrons. The SMILES string of the molecule is CCNC(=NCCCOCCOC)NC1CN(C(C)C)CC1C.I. The molecule has 1 saturated heterocycles. The van der Waals surface area contributed by atoms with Gasteiger partial charge in [0.05, 0.1) is 13.2 Å². The summed E-state index contributed by atoms with van der Waals surface area (Å²) in [5.41, 5.74) is 0. The number of aliphatic imine (C=N–C) groups is 1. The minimum atomic E-state index is 0. The highest BCUT2D eigenvalue weighted by atomic mass is 127. The first kappa shape index (κ1) is 23.9. The fraction of sp³-hybridized carbons (Fsp3) is 0.941. The Morgan fingerprint density at radius 1 is 1.25 bits per heavy atom. The van der Waals surface area contributed by atoms with E-state index in [2.05, 4.69) is 48.2 Å². The van der Waals surface area contributed by atoms with Gasteiger partial charge in [0.15, 0.2) is 5.96 Å². The van der Waals surface area contributed by atoms with Gasteiger partial charge in [0, 0.05) is 52.0 Å². The standard InChI is InChI=1S/C17H36N4O2.HI/c1-6-18-17(19-8-7-9-23-11-10-22-5)20-16-13-21(14(2)3)12-15(16)4;/h14-16H,6-13H2,1-5H3,(H2,18,19,20);1H. The second-order valence-corrected chi connectivity index (χ2v) is 6.50. The zero-order chi connectivity index (χ0) is 17.1. The van der Waals surface area contributed by atoms with Gasteiger partial charge in [0.1, 0.15) is 0 Å². The Morgan fingerprint density at radius 3 is 2.58 bits per heavy atom. The molecule has 0 aromatic rings. The van der Waals surface area contributed by atoms with Crippen molar-refractivity contribution in [3.8, 4) is 0 Å². The summed E-state index contributed by atoms with van der Waals surface area (Å²) in [6.07, 6.45) is 0.929. The molecule has 0 bridgehead atoms. The van der Waals surface area contributed by atoms with E-state index in [4.69, 9.17) is 9.47 Å². The molecule has 2 unspecified atom stereocenters. The molecule has 1 heterocycles. The Balaban J connectivity index is 0.00000529. The van der Waals surface area contributed by atoms with E-state index >= 15 is 0 Å². The molecule has 0 spiro atoms. The number of guanidine groups is 1. The lowest BCUT2D eigenvalue weighted by molar-refractivity contribution is 0.0702. The Bertz CT molecular complexity index is 343. The smallest absolute Gasteiger partial charge is 0.191 e. The van der Waals surface area contributed by atoms with Gasteiger partial charge in [0.25, 0.3) is 0 Å². The molecule has 0 aromatic heterocycles. The Kier molecular flexibility index (Phi) is 14.0. The summed E-state index contributed by atoms with van der Waals surface area (Å²) < 4.78 is 10.4. The van der Waals surface area contributed by atoms with Crippen LogP contribution in [0.3, 0.4) is 0 Å². The van der Waals surface area contributed by atoms with Crippen LogP contribution in [-0.2, 0) is 9.47 Å². The number of rotatable bonds is 10. The highest BCUT2D eigenvalue weighted by molar-refractivity contribution is 14.0. The van der Waals surface area contributed by atoms with Crippen LogP contribution in [0.1, 0.15) is 34.1 Å². The van der Waals surface area contributed by atoms with E-state index in [-0.39, 0.29) is 24.0 Å². The second kappa shape index (κ2) is 14.1. The number of nitrogens with zero attached hydrogens (tertiary/aromatic N) is 2. The summed E-state index contributed by atoms with van der Waals surface area (Å²) >= 11 is 0. The van der Waals surface area contributed by atoms with Crippen LogP contribution in [0.2, 0.25) is 0 Å². The highest BCUT2D eigenvalue weighted by Crippen LogP contribution is 2.18. The van der Waals surface area contributed by atoms with E-state index in [0.717, 1.165) is 45.2 Å². The predicted molar refractivity (Wildman–Crippen MR) is 112 cm³/mol. The molecule has 1 rings (SSSR count). The topological polar surface area (TPSA) is 58.1 Å². The lowest BCUT2D eigenvalue weighted by atomic mass is 10.1. The van der Waals surface area contributed by atoms with Crippen molar-refractivity contribution < 1.29 is 9.47 Å². The van der Waals surface area contributed by atoms with Crippen molar-refractivity contribution in [1.82, 2.24) is 15.5 Å². The van der Waals surface area contributed by atoms with Gasteiger partial charge >= 0.3 is 0 Å². The van der Waals surface area contributed by atoms with E-state index in [9.17, 15) is 0 Å². The van der Waals surface area contributed by atoms with Gasteiger partial charge in [-0.2, -0.15) is 0 Å². The summed E-state index contributed by atoms with van der Waals surface area (Å²) in [5, 5.41) is 6.94. The van der Waals surface area contributed by atoms with Gasteiger partial charge in [-0.1, -0.05) is 6.92 Å². The zero-order valence-electron chi connectivity index (χ0n) is 16.0. The third kappa shape index (κ3) is 9.39. The summed E-state index contributed by atoms with van der Waals surface area (Å²) in [6, 6.07) is 1.07. The number of likely N-dealkylation sites (tertiary alicyclic amines) is 1. The number of ether oxygens (including phenoxy) is 2. The summed E-state index contributed by atoms with van der Waals surface area (Å²) in [4.78, 5) is 7.19. The maximum absolute atomic E-state index is 5.46. The molecular formula is C17H37IN4O2. The minimum absolute atomic E-state index is 0. The third-order valence-corrected chi connectivity index (χ3v) is 4.19. The monoisotopic (exact) mass is 456 g/mol. The van der Waals surface area contributed by atoms with E-state index < -0.39 is 0 Å². The van der Waals surface area contributed by atoms with Crippen molar-refractivity contribution in [2.45, 2.75) is 46.2 Å². The van der Waals surface area contributed by atoms with Gasteiger partial charge < -0.3 is 20.1 Å². The minimum Gasteiger partial charge on any atom is -0.382 e. The first-order chi connectivity index (χ1) is 11.1. The first-order valence-electron chi connectivity index (χ1n) is 8.94. The quantitative estimate of drug-likeness (QED) is 0.228. The van der Waals surface area contributed by atoms with Gasteiger partial charge in [-0.15, -0.1) is 24.0 Å². The predicted octanol–water partition coefficient (Wildman–Crippen LogP) is 1.94. The molecule has 1 aliphatic heterocycles. The van der Waals surface area contributed by atoms with E-state index in [1.165, 1.54) is 0 Å². The molecule has 0 aliphatic carbocycles. The number of nitrogens with one attached hydrogen (secondary N) is 2. The maximum atomic E-state index is 5.46. The van der Waals surface area contributed by atoms with Crippen LogP contribution in [0.25, 0.3) is 0 Å². The average Bonchev–Trinajstić information content (AvgIpc) is 2.88. The van der Waals surface area contributed by atoms with Crippen LogP contribution in [-0.4, -0.2) is 76.1 Å². The van der Waals surface area contributed by atoms with Crippen molar-refractivity contribution >= 4 is 29.9 Å². The summed E-state index contributed by atoms with van der Waals surface area (Å²) in [6.45, 7) is 14.9. The second-order valence-electron chi connectivity index (χ2n) is 6.50. The van der Waals surface area contributed by atoms with Crippen molar-refractivity contribution in [3.05, 3.63) is 0 Å². The summed E-state index contributed by atoms with van der Waals surface area (Å²) in [7, 11) is 1.69. The zero-order valence-corrected chi connectivity index (χ0v) is 18.3. The number of hydrogen-bond acceptors (Lipinski definition) is 4. The van der Waals surface area contributed by atoms with Crippen molar-refractivity contribution in [2.75, 3.05) is 53.1 Å². The largest absolute Gasteiger partial charge is 0.382 e. The molecular weight excluding hydrogens is 419 g/mol. The Labute approximate surface area is 165 Å². The molecule has 1 aliphatic rings. The summed E-state index contributed by atoms with van der Waals surface area (Å²) in [5.74, 6) is 1.56. The van der Waals surface area contributed by atoms with Crippen LogP contribution in [0, 0.1) is 5.92 Å². The lowest BCUT2D eigenvalue weighted by Gasteiger charge is -2.21. The van der Waals surface area contributed by atoms with Gasteiger partial charge in [-0.05, 0) is 33.1 Å². The van der Waals surface area contributed by atoms with Crippen LogP contribution >= 0.6 is 24.0 Å². The van der Waals surface area contributed by atoms with E-state index in [1.54, 1.807) is 7.11 Å². The fourth-order valence-corrected chi connectivity index (χ4v) is 2.71. The highest BCUT2D eigenvalue weighted by Gasteiger charge is 2.31. The lowest BCUT2D eigenvalue weighted by Crippen LogP contribution is -2.46. The maximum Gasteiger partial charge on any atom is 0.191 e.